The van der Waals surface area contributed by atoms with Gasteiger partial charge >= 0.3 is 0 Å². The molecule has 5 heteroatoms. The number of aliphatic hydroxyl groups excluding tert-OH is 1. The number of aliphatic hydroxyl groups is 1. The number of hydrogen-bond donors (Lipinski definition) is 2. The molecule has 0 aromatic heterocycles. The van der Waals surface area contributed by atoms with Crippen LogP contribution >= 0.6 is 15.9 Å². The molecule has 0 atom stereocenters. The summed E-state index contributed by atoms with van der Waals surface area (Å²) >= 11 is 3.38. The van der Waals surface area contributed by atoms with E-state index < -0.39 is 0 Å². The number of nitrogens with one attached hydrogen (secondary N) is 1. The van der Waals surface area contributed by atoms with E-state index in [-0.39, 0.29) is 17.9 Å². The molecule has 1 aliphatic carbocycles. The third kappa shape index (κ3) is 3.33. The summed E-state index contributed by atoms with van der Waals surface area (Å²) < 4.78 is 5.87. The molecule has 20 heavy (non-hydrogen) atoms. The van der Waals surface area contributed by atoms with Gasteiger partial charge in [0.1, 0.15) is 5.75 Å². The van der Waals surface area contributed by atoms with Crippen molar-refractivity contribution in [2.75, 3.05) is 20.3 Å². The molecule has 0 saturated heterocycles. The van der Waals surface area contributed by atoms with Crippen LogP contribution in [0, 0.1) is 5.41 Å². The number of halogens is 1. The van der Waals surface area contributed by atoms with E-state index in [0.29, 0.717) is 17.9 Å². The Morgan fingerprint density at radius 1 is 1.45 bits per heavy atom. The van der Waals surface area contributed by atoms with Crippen LogP contribution in [0.1, 0.15) is 36.0 Å². The molecule has 1 amide bonds. The Kier molecular flexibility index (Phi) is 5.05. The van der Waals surface area contributed by atoms with Gasteiger partial charge < -0.3 is 15.2 Å². The Morgan fingerprint density at radius 3 is 2.75 bits per heavy atom. The van der Waals surface area contributed by atoms with Crippen molar-refractivity contribution in [1.29, 1.82) is 0 Å². The largest absolute Gasteiger partial charge is 0.497 e. The first kappa shape index (κ1) is 15.3. The number of methoxy groups -OCH3 is 1. The van der Waals surface area contributed by atoms with E-state index in [9.17, 15) is 9.90 Å². The molecule has 0 unspecified atom stereocenters. The predicted molar refractivity (Wildman–Crippen MR) is 81.0 cm³/mol. The van der Waals surface area contributed by atoms with Crippen molar-refractivity contribution in [3.8, 4) is 5.75 Å². The molecule has 1 aliphatic rings. The molecule has 1 saturated carbocycles. The summed E-state index contributed by atoms with van der Waals surface area (Å²) in [7, 11) is 1.57. The highest BCUT2D eigenvalue weighted by molar-refractivity contribution is 9.10. The number of rotatable bonds is 5. The Bertz CT molecular complexity index is 484. The van der Waals surface area contributed by atoms with Gasteiger partial charge in [0.25, 0.3) is 5.91 Å². The summed E-state index contributed by atoms with van der Waals surface area (Å²) in [5, 5.41) is 12.5. The number of hydrogen-bond acceptors (Lipinski definition) is 3. The normalized spacial score (nSPS) is 16.9. The van der Waals surface area contributed by atoms with Crippen molar-refractivity contribution in [3.63, 3.8) is 0 Å². The Balaban J connectivity index is 2.04. The highest BCUT2D eigenvalue weighted by Crippen LogP contribution is 2.37. The van der Waals surface area contributed by atoms with Gasteiger partial charge in [0.2, 0.25) is 0 Å². The number of benzene rings is 1. The quantitative estimate of drug-likeness (QED) is 0.865. The van der Waals surface area contributed by atoms with E-state index in [1.165, 1.54) is 0 Å². The Morgan fingerprint density at radius 2 is 2.15 bits per heavy atom. The van der Waals surface area contributed by atoms with Gasteiger partial charge in [-0.3, -0.25) is 4.79 Å². The molecular weight excluding hydrogens is 322 g/mol. The van der Waals surface area contributed by atoms with Gasteiger partial charge in [-0.15, -0.1) is 0 Å². The third-order valence-corrected chi connectivity index (χ3v) is 4.73. The van der Waals surface area contributed by atoms with Crippen LogP contribution in [0.15, 0.2) is 22.7 Å². The smallest absolute Gasteiger partial charge is 0.252 e. The number of carbonyl (C=O) groups is 1. The van der Waals surface area contributed by atoms with E-state index in [1.54, 1.807) is 25.3 Å². The minimum absolute atomic E-state index is 0.132. The molecule has 4 nitrogen and oxygen atoms in total. The second-order valence-corrected chi connectivity index (χ2v) is 6.25. The van der Waals surface area contributed by atoms with Crippen molar-refractivity contribution >= 4 is 21.8 Å². The number of carbonyl (C=O) groups excluding carboxylic acids is 1. The molecule has 2 rings (SSSR count). The average molecular weight is 342 g/mol. The molecule has 0 bridgehead atoms. The van der Waals surface area contributed by atoms with E-state index in [1.807, 2.05) is 0 Å². The van der Waals surface area contributed by atoms with E-state index in [0.717, 1.165) is 30.2 Å². The molecule has 1 fully saturated rings. The molecule has 1 aromatic rings. The maximum absolute atomic E-state index is 12.3. The summed E-state index contributed by atoms with van der Waals surface area (Å²) in [6.45, 7) is 0.651. The Labute approximate surface area is 127 Å². The van der Waals surface area contributed by atoms with Crippen molar-refractivity contribution in [3.05, 3.63) is 28.2 Å². The van der Waals surface area contributed by atoms with Crippen LogP contribution in [-0.4, -0.2) is 31.3 Å². The zero-order valence-electron chi connectivity index (χ0n) is 11.6. The topological polar surface area (TPSA) is 58.6 Å². The minimum Gasteiger partial charge on any atom is -0.497 e. The fourth-order valence-corrected chi connectivity index (χ4v) is 3.11. The predicted octanol–water partition coefficient (Wildman–Crippen LogP) is 2.74. The van der Waals surface area contributed by atoms with Crippen LogP contribution in [0.5, 0.6) is 5.75 Å². The summed E-state index contributed by atoms with van der Waals surface area (Å²) in [5.41, 5.74) is 0.413. The highest BCUT2D eigenvalue weighted by atomic mass is 79.9. The van der Waals surface area contributed by atoms with Crippen LogP contribution in [0.4, 0.5) is 0 Å². The molecule has 0 heterocycles. The lowest BCUT2D eigenvalue weighted by molar-refractivity contribution is 0.0879. The average Bonchev–Trinajstić information content (AvgIpc) is 2.95. The van der Waals surface area contributed by atoms with Gasteiger partial charge in [-0.2, -0.15) is 0 Å². The van der Waals surface area contributed by atoms with Crippen LogP contribution in [-0.2, 0) is 0 Å². The summed E-state index contributed by atoms with van der Waals surface area (Å²) in [4.78, 5) is 12.3. The molecule has 0 radical (unpaired) electrons. The second kappa shape index (κ2) is 6.59. The maximum Gasteiger partial charge on any atom is 0.252 e. The standard InChI is InChI=1S/C15H20BrNO3/c1-20-11-4-5-13(16)12(8-11)14(19)17-9-15(10-18)6-2-3-7-15/h4-5,8,18H,2-3,6-7,9-10H2,1H3,(H,17,19). The SMILES string of the molecule is COc1ccc(Br)c(C(=O)NCC2(CO)CCCC2)c1. The van der Waals surface area contributed by atoms with Gasteiger partial charge in [-0.1, -0.05) is 12.8 Å². The van der Waals surface area contributed by atoms with Crippen molar-refractivity contribution in [2.24, 2.45) is 5.41 Å². The van der Waals surface area contributed by atoms with E-state index in [2.05, 4.69) is 21.2 Å². The minimum atomic E-state index is -0.143. The van der Waals surface area contributed by atoms with Gasteiger partial charge in [0.05, 0.1) is 19.3 Å². The van der Waals surface area contributed by atoms with E-state index >= 15 is 0 Å². The molecular formula is C15H20BrNO3. The molecule has 0 aliphatic heterocycles. The van der Waals surface area contributed by atoms with Crippen LogP contribution in [0.2, 0.25) is 0 Å². The van der Waals surface area contributed by atoms with Gasteiger partial charge in [0, 0.05) is 16.4 Å². The van der Waals surface area contributed by atoms with E-state index in [4.69, 9.17) is 4.74 Å². The molecule has 2 N–H and O–H groups in total. The lowest BCUT2D eigenvalue weighted by Gasteiger charge is -2.26. The summed E-state index contributed by atoms with van der Waals surface area (Å²) in [5.74, 6) is 0.506. The van der Waals surface area contributed by atoms with Crippen LogP contribution < -0.4 is 10.1 Å². The van der Waals surface area contributed by atoms with Gasteiger partial charge in [0.15, 0.2) is 0 Å². The first-order chi connectivity index (χ1) is 9.60. The first-order valence-electron chi connectivity index (χ1n) is 6.83. The van der Waals surface area contributed by atoms with Crippen molar-refractivity contribution in [1.82, 2.24) is 5.32 Å². The summed E-state index contributed by atoms with van der Waals surface area (Å²) in [6, 6.07) is 5.30. The third-order valence-electron chi connectivity index (χ3n) is 4.04. The van der Waals surface area contributed by atoms with Crippen molar-refractivity contribution in [2.45, 2.75) is 25.7 Å². The maximum atomic E-state index is 12.3. The van der Waals surface area contributed by atoms with Gasteiger partial charge in [-0.25, -0.2) is 0 Å². The van der Waals surface area contributed by atoms with Crippen LogP contribution in [0.3, 0.4) is 0 Å². The summed E-state index contributed by atoms with van der Waals surface area (Å²) in [6.07, 6.45) is 4.20. The zero-order chi connectivity index (χ0) is 14.6. The lowest BCUT2D eigenvalue weighted by Crippen LogP contribution is -2.38. The Hall–Kier alpha value is -1.07. The number of amides is 1. The lowest BCUT2D eigenvalue weighted by atomic mass is 9.87. The monoisotopic (exact) mass is 341 g/mol. The fourth-order valence-electron chi connectivity index (χ4n) is 2.68. The van der Waals surface area contributed by atoms with Crippen LogP contribution in [0.25, 0.3) is 0 Å². The first-order valence-corrected chi connectivity index (χ1v) is 7.62. The molecule has 1 aromatic carbocycles. The molecule has 0 spiro atoms. The van der Waals surface area contributed by atoms with Crippen molar-refractivity contribution < 1.29 is 14.6 Å². The fraction of sp³-hybridized carbons (Fsp3) is 0.533. The number of ether oxygens (including phenoxy) is 1. The second-order valence-electron chi connectivity index (χ2n) is 5.39. The highest BCUT2D eigenvalue weighted by Gasteiger charge is 2.33. The zero-order valence-corrected chi connectivity index (χ0v) is 13.2. The molecule has 110 valence electrons. The van der Waals surface area contributed by atoms with Gasteiger partial charge in [-0.05, 0) is 47.0 Å².